The molecule has 0 amide bonds. The normalized spacial score (nSPS) is 13.1. The third kappa shape index (κ3) is 3.46. The zero-order valence-corrected chi connectivity index (χ0v) is 18.5. The van der Waals surface area contributed by atoms with E-state index in [1.165, 1.54) is 15.8 Å². The number of rotatable bonds is 6. The molecule has 0 aliphatic heterocycles. The van der Waals surface area contributed by atoms with Crippen LogP contribution in [-0.4, -0.2) is 24.3 Å². The van der Waals surface area contributed by atoms with E-state index in [2.05, 4.69) is 23.9 Å². The Bertz CT molecular complexity index is 1360. The zero-order valence-electron chi connectivity index (χ0n) is 16.8. The van der Waals surface area contributed by atoms with Crippen molar-refractivity contribution in [2.45, 2.75) is 33.2 Å². The Balaban J connectivity index is 1.78. The zero-order chi connectivity index (χ0) is 21.4. The van der Waals surface area contributed by atoms with Crippen LogP contribution in [0.4, 0.5) is 4.39 Å². The molecule has 0 saturated carbocycles. The maximum atomic E-state index is 13.7. The lowest BCUT2D eigenvalue weighted by atomic mass is 10.0. The number of allylic oxidation sites excluding steroid dienone is 3. The van der Waals surface area contributed by atoms with Crippen molar-refractivity contribution in [2.75, 3.05) is 0 Å². The Morgan fingerprint density at radius 2 is 2.20 bits per heavy atom. The van der Waals surface area contributed by atoms with E-state index in [1.807, 2.05) is 13.1 Å². The second-order valence-electron chi connectivity index (χ2n) is 6.96. The van der Waals surface area contributed by atoms with Crippen molar-refractivity contribution in [1.29, 1.82) is 0 Å². The molecule has 0 fully saturated rings. The molecule has 0 aromatic carbocycles. The van der Waals surface area contributed by atoms with E-state index in [4.69, 9.17) is 10.7 Å². The molecule has 30 heavy (non-hydrogen) atoms. The van der Waals surface area contributed by atoms with E-state index in [0.29, 0.717) is 11.9 Å². The Morgan fingerprint density at radius 1 is 1.40 bits per heavy atom. The minimum Gasteiger partial charge on any atom is -0.405 e. The minimum atomic E-state index is -0.402. The van der Waals surface area contributed by atoms with Gasteiger partial charge in [-0.2, -0.15) is 9.49 Å². The summed E-state index contributed by atoms with van der Waals surface area (Å²) in [7, 11) is 1.82. The summed E-state index contributed by atoms with van der Waals surface area (Å²) in [5.74, 6) is 0. The molecule has 10 heteroatoms. The number of hydrogen-bond donors (Lipinski definition) is 1. The average molecular weight is 445 g/mol. The number of nitrogens with zero attached hydrogens (tertiary/aromatic N) is 5. The quantitative estimate of drug-likeness (QED) is 0.458. The van der Waals surface area contributed by atoms with Crippen LogP contribution in [0.15, 0.2) is 39.9 Å². The van der Waals surface area contributed by atoms with Crippen molar-refractivity contribution in [3.05, 3.63) is 61.3 Å². The highest BCUT2D eigenvalue weighted by molar-refractivity contribution is 7.19. The molecule has 4 rings (SSSR count). The van der Waals surface area contributed by atoms with E-state index in [1.54, 1.807) is 28.3 Å². The summed E-state index contributed by atoms with van der Waals surface area (Å²) in [5, 5.41) is 5.56. The number of fused-ring (bicyclic) bond motifs is 3. The van der Waals surface area contributed by atoms with Gasteiger partial charge in [0.2, 0.25) is 5.13 Å². The summed E-state index contributed by atoms with van der Waals surface area (Å²) >= 11 is 2.46. The Kier molecular flexibility index (Phi) is 5.52. The van der Waals surface area contributed by atoms with E-state index in [9.17, 15) is 9.18 Å². The number of aromatic nitrogens is 5. The van der Waals surface area contributed by atoms with Crippen molar-refractivity contribution in [1.82, 2.24) is 24.3 Å². The highest BCUT2D eigenvalue weighted by Crippen LogP contribution is 2.32. The molecular weight excluding hydrogens is 423 g/mol. The van der Waals surface area contributed by atoms with Crippen molar-refractivity contribution < 1.29 is 4.39 Å². The lowest BCUT2D eigenvalue weighted by Crippen LogP contribution is -2.25. The van der Waals surface area contributed by atoms with Crippen LogP contribution in [0.1, 0.15) is 31.0 Å². The molecule has 2 N–H and O–H groups in total. The summed E-state index contributed by atoms with van der Waals surface area (Å²) in [6, 6.07) is 0. The molecule has 0 saturated heterocycles. The maximum Gasteiger partial charge on any atom is 0.291 e. The van der Waals surface area contributed by atoms with Gasteiger partial charge in [-0.05, 0) is 31.2 Å². The number of aryl methyl sites for hydroxylation is 1. The van der Waals surface area contributed by atoms with Gasteiger partial charge in [0.25, 0.3) is 5.56 Å². The molecule has 7 nitrogen and oxygen atoms in total. The first kappa shape index (κ1) is 20.4. The van der Waals surface area contributed by atoms with Crippen LogP contribution in [0.25, 0.3) is 21.3 Å². The smallest absolute Gasteiger partial charge is 0.291 e. The average Bonchev–Trinajstić information content (AvgIpc) is 3.40. The van der Waals surface area contributed by atoms with Gasteiger partial charge in [0.15, 0.2) is 5.65 Å². The van der Waals surface area contributed by atoms with Crippen molar-refractivity contribution >= 4 is 43.9 Å². The third-order valence-corrected chi connectivity index (χ3v) is 6.91. The first-order chi connectivity index (χ1) is 14.4. The lowest BCUT2D eigenvalue weighted by Gasteiger charge is -2.05. The molecule has 4 aromatic heterocycles. The topological polar surface area (TPSA) is 91.6 Å². The summed E-state index contributed by atoms with van der Waals surface area (Å²) < 4.78 is 17.7. The van der Waals surface area contributed by atoms with Gasteiger partial charge in [0, 0.05) is 18.9 Å². The second-order valence-corrected chi connectivity index (χ2v) is 8.85. The number of halogens is 1. The molecule has 0 unspecified atom stereocenters. The molecule has 4 heterocycles. The Labute approximate surface area is 180 Å². The van der Waals surface area contributed by atoms with Gasteiger partial charge in [-0.3, -0.25) is 4.79 Å². The van der Waals surface area contributed by atoms with Crippen LogP contribution in [-0.2, 0) is 20.0 Å². The fourth-order valence-corrected chi connectivity index (χ4v) is 5.03. The van der Waals surface area contributed by atoms with Crippen LogP contribution >= 0.6 is 22.7 Å². The second kappa shape index (κ2) is 8.11. The van der Waals surface area contributed by atoms with E-state index in [-0.39, 0.29) is 17.8 Å². The van der Waals surface area contributed by atoms with Gasteiger partial charge in [-0.15, -0.1) is 11.3 Å². The van der Waals surface area contributed by atoms with E-state index >= 15 is 0 Å². The molecule has 0 bridgehead atoms. The monoisotopic (exact) mass is 444 g/mol. The SMILES string of the molecule is CC/C(C)=C(\C=C/N)Cc1nc2c(s1)c1cnn(Cc3ncsc3F)c(=O)c1n2C. The van der Waals surface area contributed by atoms with Crippen LogP contribution in [0.2, 0.25) is 0 Å². The predicted molar refractivity (Wildman–Crippen MR) is 119 cm³/mol. The minimum absolute atomic E-state index is 0.00249. The van der Waals surface area contributed by atoms with Crippen molar-refractivity contribution in [3.63, 3.8) is 0 Å². The number of thiazole rings is 2. The van der Waals surface area contributed by atoms with Crippen LogP contribution in [0, 0.1) is 5.13 Å². The van der Waals surface area contributed by atoms with E-state index in [0.717, 1.165) is 44.1 Å². The first-order valence-electron chi connectivity index (χ1n) is 9.43. The Morgan fingerprint density at radius 3 is 2.87 bits per heavy atom. The molecule has 0 aliphatic rings. The lowest BCUT2D eigenvalue weighted by molar-refractivity contribution is 0.582. The fraction of sp³-hybridized carbons (Fsp3) is 0.300. The van der Waals surface area contributed by atoms with Crippen LogP contribution in [0.5, 0.6) is 0 Å². The third-order valence-electron chi connectivity index (χ3n) is 5.18. The molecule has 4 aromatic rings. The van der Waals surface area contributed by atoms with Gasteiger partial charge in [-0.1, -0.05) is 23.8 Å². The van der Waals surface area contributed by atoms with Gasteiger partial charge in [0.1, 0.15) is 16.2 Å². The van der Waals surface area contributed by atoms with Crippen molar-refractivity contribution in [3.8, 4) is 0 Å². The summed E-state index contributed by atoms with van der Waals surface area (Å²) in [4.78, 5) is 21.8. The van der Waals surface area contributed by atoms with Gasteiger partial charge < -0.3 is 10.3 Å². The largest absolute Gasteiger partial charge is 0.405 e. The van der Waals surface area contributed by atoms with Gasteiger partial charge in [-0.25, -0.2) is 14.6 Å². The number of hydrogen-bond acceptors (Lipinski definition) is 7. The highest BCUT2D eigenvalue weighted by Gasteiger charge is 2.19. The summed E-state index contributed by atoms with van der Waals surface area (Å²) in [6.07, 6.45) is 6.74. The molecular formula is C20H21FN6OS2. The number of nitrogens with two attached hydrogens (primary N) is 1. The standard InChI is InChI=1S/C20H21FN6OS2/c1-4-11(2)12(5-6-22)7-15-25-19-17(30-15)13-8-24-27(20(28)16(13)26(19)3)9-14-18(21)29-10-23-14/h5-6,8,10H,4,7,9,22H2,1-3H3/b6-5-,12-11+. The Hall–Kier alpha value is -2.85. The molecule has 0 aliphatic carbocycles. The summed E-state index contributed by atoms with van der Waals surface area (Å²) in [5.41, 5.74) is 10.6. The highest BCUT2D eigenvalue weighted by atomic mass is 32.1. The molecule has 0 radical (unpaired) electrons. The molecule has 0 atom stereocenters. The predicted octanol–water partition coefficient (Wildman–Crippen LogP) is 3.73. The van der Waals surface area contributed by atoms with Crippen molar-refractivity contribution in [2.24, 2.45) is 12.8 Å². The van der Waals surface area contributed by atoms with E-state index < -0.39 is 5.13 Å². The first-order valence-corrected chi connectivity index (χ1v) is 11.1. The maximum absolute atomic E-state index is 13.7. The molecule has 156 valence electrons. The molecule has 0 spiro atoms. The van der Waals surface area contributed by atoms with Gasteiger partial charge in [0.05, 0.1) is 23.0 Å². The summed E-state index contributed by atoms with van der Waals surface area (Å²) in [6.45, 7) is 4.20. The van der Waals surface area contributed by atoms with Crippen LogP contribution < -0.4 is 11.3 Å². The fourth-order valence-electron chi connectivity index (χ4n) is 3.38. The van der Waals surface area contributed by atoms with Crippen LogP contribution in [0.3, 0.4) is 0 Å². The van der Waals surface area contributed by atoms with Gasteiger partial charge >= 0.3 is 0 Å².